The van der Waals surface area contributed by atoms with Crippen LogP contribution in [0.2, 0.25) is 0 Å². The van der Waals surface area contributed by atoms with Crippen LogP contribution in [0.1, 0.15) is 26.2 Å². The van der Waals surface area contributed by atoms with Gasteiger partial charge in [0.25, 0.3) is 0 Å². The molecule has 0 aliphatic carbocycles. The summed E-state index contributed by atoms with van der Waals surface area (Å²) in [6.45, 7) is 2.81. The second-order valence-electron chi connectivity index (χ2n) is 4.49. The normalized spacial score (nSPS) is 12.2. The molecular weight excluding hydrogens is 384 g/mol. The van der Waals surface area contributed by atoms with E-state index in [0.717, 1.165) is 25.8 Å². The van der Waals surface area contributed by atoms with Gasteiger partial charge in [0, 0.05) is 26.7 Å². The van der Waals surface area contributed by atoms with Crippen molar-refractivity contribution in [3.8, 4) is 0 Å². The Morgan fingerprint density at radius 1 is 1.15 bits per heavy atom. The van der Waals surface area contributed by atoms with Gasteiger partial charge in [-0.2, -0.15) is 13.2 Å². The first-order chi connectivity index (χ1) is 8.89. The highest BCUT2D eigenvalue weighted by atomic mass is 127. The van der Waals surface area contributed by atoms with Crippen molar-refractivity contribution in [3.63, 3.8) is 0 Å². The van der Waals surface area contributed by atoms with Gasteiger partial charge in [0.15, 0.2) is 5.96 Å². The molecule has 0 heterocycles. The van der Waals surface area contributed by atoms with Crippen LogP contribution in [0.5, 0.6) is 0 Å². The van der Waals surface area contributed by atoms with Gasteiger partial charge in [-0.05, 0) is 13.5 Å². The van der Waals surface area contributed by atoms with Gasteiger partial charge in [0.2, 0.25) is 0 Å². The Balaban J connectivity index is 0. The lowest BCUT2D eigenvalue weighted by atomic mass is 10.2. The first kappa shape index (κ1) is 22.0. The van der Waals surface area contributed by atoms with Crippen LogP contribution in [0.3, 0.4) is 0 Å². The molecule has 0 aromatic rings. The maximum Gasteiger partial charge on any atom is 0.401 e. The monoisotopic (exact) mass is 410 g/mol. The van der Waals surface area contributed by atoms with Gasteiger partial charge in [-0.15, -0.1) is 24.0 Å². The fourth-order valence-corrected chi connectivity index (χ4v) is 1.55. The number of nitrogens with one attached hydrogen (secondary N) is 2. The highest BCUT2D eigenvalue weighted by Gasteiger charge is 2.28. The third-order valence-electron chi connectivity index (χ3n) is 2.53. The Kier molecular flexibility index (Phi) is 13.8. The first-order valence-electron chi connectivity index (χ1n) is 6.59. The number of likely N-dealkylation sites (N-methyl/N-ethyl adjacent to an activating group) is 1. The van der Waals surface area contributed by atoms with Gasteiger partial charge in [-0.25, -0.2) is 0 Å². The molecule has 4 nitrogen and oxygen atoms in total. The van der Waals surface area contributed by atoms with Crippen LogP contribution < -0.4 is 10.6 Å². The molecule has 122 valence electrons. The second kappa shape index (κ2) is 12.5. The summed E-state index contributed by atoms with van der Waals surface area (Å²) in [5, 5.41) is 6.12. The van der Waals surface area contributed by atoms with Gasteiger partial charge in [-0.1, -0.05) is 19.8 Å². The SMILES string of the molecule is CCCCCNC(=NC)NCCN(C)CC(F)(F)F.I. The molecule has 20 heavy (non-hydrogen) atoms. The minimum absolute atomic E-state index is 0. The Morgan fingerprint density at radius 3 is 2.25 bits per heavy atom. The lowest BCUT2D eigenvalue weighted by Gasteiger charge is -2.19. The van der Waals surface area contributed by atoms with Crippen molar-refractivity contribution < 1.29 is 13.2 Å². The molecule has 0 amide bonds. The van der Waals surface area contributed by atoms with Crippen LogP contribution in [0.4, 0.5) is 13.2 Å². The van der Waals surface area contributed by atoms with E-state index in [1.54, 1.807) is 7.05 Å². The Bertz CT molecular complexity index is 260. The largest absolute Gasteiger partial charge is 0.401 e. The van der Waals surface area contributed by atoms with E-state index >= 15 is 0 Å². The summed E-state index contributed by atoms with van der Waals surface area (Å²) in [6.07, 6.45) is -0.783. The molecule has 0 unspecified atom stereocenters. The van der Waals surface area contributed by atoms with E-state index < -0.39 is 12.7 Å². The van der Waals surface area contributed by atoms with E-state index in [-0.39, 0.29) is 24.0 Å². The summed E-state index contributed by atoms with van der Waals surface area (Å²) in [5.41, 5.74) is 0. The first-order valence-corrected chi connectivity index (χ1v) is 6.59. The number of alkyl halides is 3. The predicted molar refractivity (Wildman–Crippen MR) is 87.9 cm³/mol. The van der Waals surface area contributed by atoms with Crippen molar-refractivity contribution in [2.75, 3.05) is 40.3 Å². The maximum absolute atomic E-state index is 12.1. The van der Waals surface area contributed by atoms with Crippen molar-refractivity contribution in [2.24, 2.45) is 4.99 Å². The molecular formula is C12H26F3IN4. The number of rotatable bonds is 8. The molecule has 0 aliphatic heterocycles. The summed E-state index contributed by atoms with van der Waals surface area (Å²) in [6, 6.07) is 0. The standard InChI is InChI=1S/C12H25F3N4.HI/c1-4-5-6-7-17-11(16-2)18-8-9-19(3)10-12(13,14)15;/h4-10H2,1-3H3,(H2,16,17,18);1H. The Morgan fingerprint density at radius 2 is 1.75 bits per heavy atom. The topological polar surface area (TPSA) is 39.7 Å². The van der Waals surface area contributed by atoms with Crippen molar-refractivity contribution in [3.05, 3.63) is 0 Å². The van der Waals surface area contributed by atoms with Crippen LogP contribution >= 0.6 is 24.0 Å². The van der Waals surface area contributed by atoms with Crippen LogP contribution in [0.15, 0.2) is 4.99 Å². The molecule has 0 saturated carbocycles. The summed E-state index contributed by atoms with van der Waals surface area (Å²) in [7, 11) is 3.10. The van der Waals surface area contributed by atoms with E-state index in [9.17, 15) is 13.2 Å². The molecule has 0 radical (unpaired) electrons. The quantitative estimate of drug-likeness (QED) is 0.280. The number of nitrogens with zero attached hydrogens (tertiary/aromatic N) is 2. The van der Waals surface area contributed by atoms with Crippen LogP contribution in [0.25, 0.3) is 0 Å². The van der Waals surface area contributed by atoms with Gasteiger partial charge in [0.1, 0.15) is 0 Å². The summed E-state index contributed by atoms with van der Waals surface area (Å²) >= 11 is 0. The minimum Gasteiger partial charge on any atom is -0.356 e. The lowest BCUT2D eigenvalue weighted by Crippen LogP contribution is -2.42. The molecule has 2 N–H and O–H groups in total. The number of unbranched alkanes of at least 4 members (excludes halogenated alkanes) is 2. The fourth-order valence-electron chi connectivity index (χ4n) is 1.55. The molecule has 0 aromatic heterocycles. The van der Waals surface area contributed by atoms with E-state index in [0.29, 0.717) is 19.0 Å². The predicted octanol–water partition coefficient (Wildman–Crippen LogP) is 2.45. The number of hydrogen-bond acceptors (Lipinski definition) is 2. The average molecular weight is 410 g/mol. The van der Waals surface area contributed by atoms with E-state index in [4.69, 9.17) is 0 Å². The summed E-state index contributed by atoms with van der Waals surface area (Å²) in [4.78, 5) is 5.24. The lowest BCUT2D eigenvalue weighted by molar-refractivity contribution is -0.142. The molecule has 0 spiro atoms. The zero-order valence-electron chi connectivity index (χ0n) is 12.4. The molecule has 8 heteroatoms. The Labute approximate surface area is 136 Å². The average Bonchev–Trinajstić information content (AvgIpc) is 2.30. The number of halogens is 4. The third-order valence-corrected chi connectivity index (χ3v) is 2.53. The van der Waals surface area contributed by atoms with Crippen molar-refractivity contribution in [2.45, 2.75) is 32.4 Å². The highest BCUT2D eigenvalue weighted by Crippen LogP contribution is 2.14. The van der Waals surface area contributed by atoms with E-state index in [2.05, 4.69) is 22.5 Å². The minimum atomic E-state index is -4.14. The van der Waals surface area contributed by atoms with Gasteiger partial charge >= 0.3 is 6.18 Å². The maximum atomic E-state index is 12.1. The molecule has 0 aliphatic rings. The Hall–Kier alpha value is -0.250. The second-order valence-corrected chi connectivity index (χ2v) is 4.49. The van der Waals surface area contributed by atoms with Gasteiger partial charge in [0.05, 0.1) is 6.54 Å². The smallest absolute Gasteiger partial charge is 0.356 e. The van der Waals surface area contributed by atoms with E-state index in [1.165, 1.54) is 11.9 Å². The molecule has 0 atom stereocenters. The molecule has 0 rings (SSSR count). The number of aliphatic imine (C=N–C) groups is 1. The summed E-state index contributed by atoms with van der Waals surface area (Å²) < 4.78 is 36.3. The highest BCUT2D eigenvalue weighted by molar-refractivity contribution is 14.0. The summed E-state index contributed by atoms with van der Waals surface area (Å²) in [5.74, 6) is 0.636. The van der Waals surface area contributed by atoms with Gasteiger partial charge < -0.3 is 10.6 Å². The molecule has 0 saturated heterocycles. The molecule has 0 fully saturated rings. The van der Waals surface area contributed by atoms with Crippen molar-refractivity contribution in [1.82, 2.24) is 15.5 Å². The third kappa shape index (κ3) is 14.2. The van der Waals surface area contributed by atoms with Crippen LogP contribution in [-0.2, 0) is 0 Å². The fraction of sp³-hybridized carbons (Fsp3) is 0.917. The van der Waals surface area contributed by atoms with E-state index in [1.807, 2.05) is 0 Å². The van der Waals surface area contributed by atoms with Gasteiger partial charge in [-0.3, -0.25) is 9.89 Å². The zero-order chi connectivity index (χ0) is 14.7. The number of hydrogen-bond donors (Lipinski definition) is 2. The van der Waals surface area contributed by atoms with Crippen LogP contribution in [0, 0.1) is 0 Å². The van der Waals surface area contributed by atoms with Crippen molar-refractivity contribution in [1.29, 1.82) is 0 Å². The zero-order valence-corrected chi connectivity index (χ0v) is 14.7. The molecule has 0 bridgehead atoms. The number of guanidine groups is 1. The van der Waals surface area contributed by atoms with Crippen LogP contribution in [-0.4, -0.2) is 57.3 Å². The molecule has 0 aromatic carbocycles. The van der Waals surface area contributed by atoms with Crippen molar-refractivity contribution >= 4 is 29.9 Å².